The summed E-state index contributed by atoms with van der Waals surface area (Å²) in [7, 11) is 0. The molecule has 1 aromatic carbocycles. The number of rotatable bonds is 2. The third-order valence-corrected chi connectivity index (χ3v) is 2.78. The van der Waals surface area contributed by atoms with Crippen molar-refractivity contribution < 1.29 is 4.52 Å². The summed E-state index contributed by atoms with van der Waals surface area (Å²) in [5, 5.41) is 4.61. The molecule has 3 nitrogen and oxygen atoms in total. The van der Waals surface area contributed by atoms with Crippen LogP contribution in [0.5, 0.6) is 0 Å². The topological polar surface area (TPSA) is 38.9 Å². The number of halogens is 1. The van der Waals surface area contributed by atoms with Crippen LogP contribution in [0.4, 0.5) is 0 Å². The number of hydrogen-bond acceptors (Lipinski definition) is 3. The molecule has 2 heterocycles. The van der Waals surface area contributed by atoms with Crippen LogP contribution in [-0.2, 0) is 0 Å². The molecule has 0 amide bonds. The maximum atomic E-state index is 5.90. The Hall–Kier alpha value is -2.13. The molecular formula is C14H9ClN2O. The van der Waals surface area contributed by atoms with Gasteiger partial charge in [-0.1, -0.05) is 47.1 Å². The fourth-order valence-electron chi connectivity index (χ4n) is 1.70. The summed E-state index contributed by atoms with van der Waals surface area (Å²) in [6, 6.07) is 13.5. The number of aromatic nitrogens is 2. The van der Waals surface area contributed by atoms with Gasteiger partial charge in [0.25, 0.3) is 0 Å². The summed E-state index contributed by atoms with van der Waals surface area (Å²) in [5.74, 6) is 0.727. The number of nitrogens with zero attached hydrogens (tertiary/aromatic N) is 2. The van der Waals surface area contributed by atoms with Crippen molar-refractivity contribution >= 4 is 11.6 Å². The Balaban J connectivity index is 2.00. The Morgan fingerprint density at radius 1 is 0.944 bits per heavy atom. The first kappa shape index (κ1) is 11.0. The highest BCUT2D eigenvalue weighted by Gasteiger charge is 2.08. The normalized spacial score (nSPS) is 10.5. The first-order chi connectivity index (χ1) is 8.83. The molecule has 3 rings (SSSR count). The average Bonchev–Trinajstić information content (AvgIpc) is 2.89. The van der Waals surface area contributed by atoms with E-state index in [4.69, 9.17) is 16.1 Å². The maximum Gasteiger partial charge on any atom is 0.167 e. The van der Waals surface area contributed by atoms with Crippen LogP contribution in [0, 0.1) is 0 Å². The third-order valence-electron chi connectivity index (χ3n) is 2.57. The van der Waals surface area contributed by atoms with E-state index in [0.717, 1.165) is 22.6 Å². The largest absolute Gasteiger partial charge is 0.356 e. The molecule has 0 aliphatic rings. The van der Waals surface area contributed by atoms with Crippen molar-refractivity contribution in [3.63, 3.8) is 0 Å². The van der Waals surface area contributed by atoms with Gasteiger partial charge in [0.2, 0.25) is 0 Å². The van der Waals surface area contributed by atoms with Gasteiger partial charge < -0.3 is 4.52 Å². The number of pyridine rings is 1. The van der Waals surface area contributed by atoms with Crippen molar-refractivity contribution in [1.29, 1.82) is 0 Å². The molecule has 88 valence electrons. The standard InChI is InChI=1S/C14H9ClN2O/c15-12-6-11(8-16-9-12)13-7-14(18-17-13)10-4-2-1-3-5-10/h1-9H. The van der Waals surface area contributed by atoms with Crippen molar-refractivity contribution in [2.45, 2.75) is 0 Å². The van der Waals surface area contributed by atoms with Gasteiger partial charge in [-0.2, -0.15) is 0 Å². The van der Waals surface area contributed by atoms with Gasteiger partial charge in [-0.25, -0.2) is 0 Å². The van der Waals surface area contributed by atoms with Crippen LogP contribution in [0.3, 0.4) is 0 Å². The highest BCUT2D eigenvalue weighted by molar-refractivity contribution is 6.30. The van der Waals surface area contributed by atoms with E-state index in [0.29, 0.717) is 5.02 Å². The van der Waals surface area contributed by atoms with E-state index in [-0.39, 0.29) is 0 Å². The SMILES string of the molecule is Clc1cncc(-c2cc(-c3ccccc3)on2)c1. The lowest BCUT2D eigenvalue weighted by Crippen LogP contribution is -1.79. The molecule has 0 spiro atoms. The zero-order valence-electron chi connectivity index (χ0n) is 9.38. The Morgan fingerprint density at radius 2 is 1.78 bits per heavy atom. The lowest BCUT2D eigenvalue weighted by molar-refractivity contribution is 0.435. The zero-order valence-corrected chi connectivity index (χ0v) is 10.1. The van der Waals surface area contributed by atoms with Crippen LogP contribution in [-0.4, -0.2) is 10.1 Å². The second kappa shape index (κ2) is 4.63. The van der Waals surface area contributed by atoms with Gasteiger partial charge in [0, 0.05) is 29.6 Å². The van der Waals surface area contributed by atoms with Crippen LogP contribution in [0.15, 0.2) is 59.4 Å². The van der Waals surface area contributed by atoms with Crippen LogP contribution in [0.2, 0.25) is 5.02 Å². The summed E-state index contributed by atoms with van der Waals surface area (Å²) in [4.78, 5) is 4.03. The second-order valence-corrected chi connectivity index (χ2v) is 4.27. The van der Waals surface area contributed by atoms with E-state index in [1.165, 1.54) is 0 Å². The molecule has 18 heavy (non-hydrogen) atoms. The highest BCUT2D eigenvalue weighted by Crippen LogP contribution is 2.26. The number of benzene rings is 1. The van der Waals surface area contributed by atoms with Gasteiger partial charge in [-0.05, 0) is 6.07 Å². The molecule has 4 heteroatoms. The van der Waals surface area contributed by atoms with E-state index in [2.05, 4.69) is 10.1 Å². The van der Waals surface area contributed by atoms with Crippen molar-refractivity contribution in [2.24, 2.45) is 0 Å². The lowest BCUT2D eigenvalue weighted by atomic mass is 10.1. The van der Waals surface area contributed by atoms with E-state index < -0.39 is 0 Å². The van der Waals surface area contributed by atoms with Crippen molar-refractivity contribution in [2.75, 3.05) is 0 Å². The highest BCUT2D eigenvalue weighted by atomic mass is 35.5. The van der Waals surface area contributed by atoms with Crippen LogP contribution in [0.1, 0.15) is 0 Å². The maximum absolute atomic E-state index is 5.90. The van der Waals surface area contributed by atoms with Crippen molar-refractivity contribution in [3.05, 3.63) is 59.9 Å². The molecule has 0 unspecified atom stereocenters. The monoisotopic (exact) mass is 256 g/mol. The third kappa shape index (κ3) is 2.13. The summed E-state index contributed by atoms with van der Waals surface area (Å²) in [6.45, 7) is 0. The molecular weight excluding hydrogens is 248 g/mol. The Labute approximate surface area is 109 Å². The van der Waals surface area contributed by atoms with Gasteiger partial charge >= 0.3 is 0 Å². The summed E-state index contributed by atoms with van der Waals surface area (Å²) in [5.41, 5.74) is 2.56. The molecule has 0 bridgehead atoms. The summed E-state index contributed by atoms with van der Waals surface area (Å²) in [6.07, 6.45) is 3.29. The van der Waals surface area contributed by atoms with Crippen molar-refractivity contribution in [1.82, 2.24) is 10.1 Å². The Morgan fingerprint density at radius 3 is 2.56 bits per heavy atom. The molecule has 0 saturated heterocycles. The van der Waals surface area contributed by atoms with Crippen LogP contribution >= 0.6 is 11.6 Å². The fraction of sp³-hybridized carbons (Fsp3) is 0. The smallest absolute Gasteiger partial charge is 0.167 e. The molecule has 3 aromatic rings. The molecule has 0 N–H and O–H groups in total. The quantitative estimate of drug-likeness (QED) is 0.694. The lowest BCUT2D eigenvalue weighted by Gasteiger charge is -1.94. The average molecular weight is 257 g/mol. The Bertz CT molecular complexity index is 664. The minimum absolute atomic E-state index is 0.580. The first-order valence-electron chi connectivity index (χ1n) is 5.46. The van der Waals surface area contributed by atoms with Gasteiger partial charge in [-0.15, -0.1) is 0 Å². The van der Waals surface area contributed by atoms with Gasteiger partial charge in [0.1, 0.15) is 5.69 Å². The first-order valence-corrected chi connectivity index (χ1v) is 5.84. The molecule has 0 aliphatic carbocycles. The predicted octanol–water partition coefficient (Wildman–Crippen LogP) is 4.06. The van der Waals surface area contributed by atoms with Crippen molar-refractivity contribution in [3.8, 4) is 22.6 Å². The molecule has 0 fully saturated rings. The molecule has 0 radical (unpaired) electrons. The van der Waals surface area contributed by atoms with Gasteiger partial charge in [0.15, 0.2) is 5.76 Å². The molecule has 0 atom stereocenters. The number of hydrogen-bond donors (Lipinski definition) is 0. The molecule has 0 saturated carbocycles. The van der Waals surface area contributed by atoms with E-state index in [1.54, 1.807) is 18.5 Å². The molecule has 2 aromatic heterocycles. The van der Waals surface area contributed by atoms with Gasteiger partial charge in [-0.3, -0.25) is 4.98 Å². The summed E-state index contributed by atoms with van der Waals surface area (Å²) >= 11 is 5.90. The van der Waals surface area contributed by atoms with E-state index in [1.807, 2.05) is 36.4 Å². The minimum Gasteiger partial charge on any atom is -0.356 e. The predicted molar refractivity (Wildman–Crippen MR) is 70.2 cm³/mol. The zero-order chi connectivity index (χ0) is 12.4. The van der Waals surface area contributed by atoms with Crippen LogP contribution in [0.25, 0.3) is 22.6 Å². The second-order valence-electron chi connectivity index (χ2n) is 3.83. The van der Waals surface area contributed by atoms with E-state index in [9.17, 15) is 0 Å². The van der Waals surface area contributed by atoms with E-state index >= 15 is 0 Å². The minimum atomic E-state index is 0.580. The Kier molecular flexibility index (Phi) is 2.82. The molecule has 0 aliphatic heterocycles. The van der Waals surface area contributed by atoms with Gasteiger partial charge in [0.05, 0.1) is 5.02 Å². The van der Waals surface area contributed by atoms with Crippen LogP contribution < -0.4 is 0 Å². The summed E-state index contributed by atoms with van der Waals surface area (Å²) < 4.78 is 5.32. The fourth-order valence-corrected chi connectivity index (χ4v) is 1.88.